The predicted molar refractivity (Wildman–Crippen MR) is 75.6 cm³/mol. The molecule has 1 atom stereocenters. The van der Waals surface area contributed by atoms with Crippen molar-refractivity contribution in [3.05, 3.63) is 59.4 Å². The van der Waals surface area contributed by atoms with Crippen LogP contribution in [0.2, 0.25) is 0 Å². The molecule has 106 valence electrons. The van der Waals surface area contributed by atoms with E-state index >= 15 is 0 Å². The average molecular weight is 274 g/mol. The summed E-state index contributed by atoms with van der Waals surface area (Å²) in [6, 6.07) is 8.86. The predicted octanol–water partition coefficient (Wildman–Crippen LogP) is 3.02. The Balaban J connectivity index is 2.26. The van der Waals surface area contributed by atoms with Gasteiger partial charge >= 0.3 is 0 Å². The van der Waals surface area contributed by atoms with Crippen molar-refractivity contribution in [2.24, 2.45) is 0 Å². The number of carbonyl (C=O) groups is 1. The quantitative estimate of drug-likeness (QED) is 0.662. The van der Waals surface area contributed by atoms with Gasteiger partial charge in [-0.05, 0) is 19.1 Å². The number of Topliss-reactive ketones (excluding diaryl/α,β-unsaturated/α-hetero) is 1. The van der Waals surface area contributed by atoms with Crippen LogP contribution in [-0.4, -0.2) is 30.4 Å². The Morgan fingerprint density at radius 1 is 1.35 bits per heavy atom. The molecule has 0 heterocycles. The third-order valence-electron chi connectivity index (χ3n) is 3.24. The molecule has 1 aliphatic carbocycles. The fourth-order valence-electron chi connectivity index (χ4n) is 2.19. The first kappa shape index (κ1) is 14.5. The second-order valence-corrected chi connectivity index (χ2v) is 4.51. The SMILES string of the molecule is CCOC1(OC)C=CC(C(=O)c2ccccc2)=C(O)C1. The summed E-state index contributed by atoms with van der Waals surface area (Å²) in [6.45, 7) is 2.30. The number of methoxy groups -OCH3 is 1. The van der Waals surface area contributed by atoms with E-state index in [9.17, 15) is 9.90 Å². The number of hydrogen-bond acceptors (Lipinski definition) is 4. The summed E-state index contributed by atoms with van der Waals surface area (Å²) in [5, 5.41) is 10.1. The fourth-order valence-corrected chi connectivity index (χ4v) is 2.19. The molecule has 0 aliphatic heterocycles. The lowest BCUT2D eigenvalue weighted by molar-refractivity contribution is -0.188. The van der Waals surface area contributed by atoms with Crippen molar-refractivity contribution in [3.63, 3.8) is 0 Å². The van der Waals surface area contributed by atoms with Crippen LogP contribution >= 0.6 is 0 Å². The molecule has 0 radical (unpaired) electrons. The molecule has 1 unspecified atom stereocenters. The van der Waals surface area contributed by atoms with Crippen LogP contribution < -0.4 is 0 Å². The van der Waals surface area contributed by atoms with E-state index in [0.29, 0.717) is 12.2 Å². The minimum Gasteiger partial charge on any atom is -0.511 e. The number of aliphatic hydroxyl groups is 1. The van der Waals surface area contributed by atoms with E-state index < -0.39 is 5.79 Å². The lowest BCUT2D eigenvalue weighted by Crippen LogP contribution is -2.35. The van der Waals surface area contributed by atoms with E-state index in [-0.39, 0.29) is 23.5 Å². The highest BCUT2D eigenvalue weighted by Gasteiger charge is 2.34. The molecule has 20 heavy (non-hydrogen) atoms. The lowest BCUT2D eigenvalue weighted by atomic mass is 9.94. The lowest BCUT2D eigenvalue weighted by Gasteiger charge is -2.31. The highest BCUT2D eigenvalue weighted by Crippen LogP contribution is 2.31. The fraction of sp³-hybridized carbons (Fsp3) is 0.312. The van der Waals surface area contributed by atoms with Crippen molar-refractivity contribution in [3.8, 4) is 0 Å². The Morgan fingerprint density at radius 3 is 2.60 bits per heavy atom. The van der Waals surface area contributed by atoms with E-state index in [4.69, 9.17) is 9.47 Å². The van der Waals surface area contributed by atoms with E-state index in [0.717, 1.165) is 0 Å². The van der Waals surface area contributed by atoms with Crippen LogP contribution in [0, 0.1) is 0 Å². The van der Waals surface area contributed by atoms with E-state index in [1.807, 2.05) is 13.0 Å². The van der Waals surface area contributed by atoms with Gasteiger partial charge < -0.3 is 14.6 Å². The molecule has 0 saturated heterocycles. The molecule has 1 N–H and O–H groups in total. The first-order valence-electron chi connectivity index (χ1n) is 6.52. The first-order chi connectivity index (χ1) is 9.62. The van der Waals surface area contributed by atoms with E-state index in [2.05, 4.69) is 0 Å². The van der Waals surface area contributed by atoms with Gasteiger partial charge in [-0.25, -0.2) is 0 Å². The summed E-state index contributed by atoms with van der Waals surface area (Å²) in [6.07, 6.45) is 3.36. The summed E-state index contributed by atoms with van der Waals surface area (Å²) >= 11 is 0. The molecule has 0 fully saturated rings. The van der Waals surface area contributed by atoms with Crippen LogP contribution in [-0.2, 0) is 9.47 Å². The zero-order valence-corrected chi connectivity index (χ0v) is 11.6. The standard InChI is InChI=1S/C16H18O4/c1-3-20-16(19-2)10-9-13(14(17)11-16)15(18)12-7-5-4-6-8-12/h4-10,17H,3,11H2,1-2H3. The Kier molecular flexibility index (Phi) is 4.37. The highest BCUT2D eigenvalue weighted by molar-refractivity contribution is 6.11. The zero-order chi connectivity index (χ0) is 14.6. The number of ketones is 1. The minimum atomic E-state index is -0.987. The maximum absolute atomic E-state index is 12.3. The van der Waals surface area contributed by atoms with Gasteiger partial charge in [-0.1, -0.05) is 30.3 Å². The number of ether oxygens (including phenoxy) is 2. The van der Waals surface area contributed by atoms with Crippen molar-refractivity contribution in [2.45, 2.75) is 19.1 Å². The molecule has 0 saturated carbocycles. The van der Waals surface area contributed by atoms with Crippen molar-refractivity contribution in [1.82, 2.24) is 0 Å². The van der Waals surface area contributed by atoms with Crippen molar-refractivity contribution < 1.29 is 19.4 Å². The molecule has 0 amide bonds. The van der Waals surface area contributed by atoms with Crippen molar-refractivity contribution in [2.75, 3.05) is 13.7 Å². The van der Waals surface area contributed by atoms with Crippen LogP contribution in [0.5, 0.6) is 0 Å². The number of aliphatic hydroxyl groups excluding tert-OH is 1. The van der Waals surface area contributed by atoms with E-state index in [1.165, 1.54) is 7.11 Å². The molecule has 1 aliphatic rings. The maximum Gasteiger partial charge on any atom is 0.196 e. The van der Waals surface area contributed by atoms with Gasteiger partial charge in [-0.3, -0.25) is 4.79 Å². The van der Waals surface area contributed by atoms with Crippen LogP contribution in [0.15, 0.2) is 53.8 Å². The average Bonchev–Trinajstić information content (AvgIpc) is 2.48. The van der Waals surface area contributed by atoms with Gasteiger partial charge in [0.2, 0.25) is 0 Å². The smallest absolute Gasteiger partial charge is 0.196 e. The summed E-state index contributed by atoms with van der Waals surface area (Å²) in [7, 11) is 1.51. The van der Waals surface area contributed by atoms with E-state index in [1.54, 1.807) is 36.4 Å². The van der Waals surface area contributed by atoms with Gasteiger partial charge in [-0.2, -0.15) is 0 Å². The van der Waals surface area contributed by atoms with Gasteiger partial charge in [0.1, 0.15) is 5.76 Å². The molecular weight excluding hydrogens is 256 g/mol. The summed E-state index contributed by atoms with van der Waals surface area (Å²) < 4.78 is 10.8. The molecule has 1 aromatic rings. The molecule has 0 bridgehead atoms. The Morgan fingerprint density at radius 2 is 2.05 bits per heavy atom. The van der Waals surface area contributed by atoms with Gasteiger partial charge in [0.15, 0.2) is 11.6 Å². The summed E-state index contributed by atoms with van der Waals surface area (Å²) in [5.41, 5.74) is 0.823. The number of hydrogen-bond donors (Lipinski definition) is 1. The highest BCUT2D eigenvalue weighted by atomic mass is 16.7. The summed E-state index contributed by atoms with van der Waals surface area (Å²) in [5.74, 6) is -1.21. The van der Waals surface area contributed by atoms with Gasteiger partial charge in [0.05, 0.1) is 12.0 Å². The largest absolute Gasteiger partial charge is 0.511 e. The Hall–Kier alpha value is -1.91. The van der Waals surface area contributed by atoms with Crippen LogP contribution in [0.1, 0.15) is 23.7 Å². The van der Waals surface area contributed by atoms with Gasteiger partial charge in [0.25, 0.3) is 0 Å². The van der Waals surface area contributed by atoms with Crippen LogP contribution in [0.3, 0.4) is 0 Å². The van der Waals surface area contributed by atoms with Gasteiger partial charge in [0, 0.05) is 19.3 Å². The third-order valence-corrected chi connectivity index (χ3v) is 3.24. The van der Waals surface area contributed by atoms with Crippen LogP contribution in [0.4, 0.5) is 0 Å². The summed E-state index contributed by atoms with van der Waals surface area (Å²) in [4.78, 5) is 12.3. The third kappa shape index (κ3) is 2.81. The Labute approximate surface area is 118 Å². The van der Waals surface area contributed by atoms with Crippen molar-refractivity contribution in [1.29, 1.82) is 0 Å². The molecular formula is C16H18O4. The first-order valence-corrected chi connectivity index (χ1v) is 6.52. The second kappa shape index (κ2) is 6.03. The molecule has 0 spiro atoms. The molecule has 4 nitrogen and oxygen atoms in total. The molecule has 4 heteroatoms. The zero-order valence-electron chi connectivity index (χ0n) is 11.6. The molecule has 2 rings (SSSR count). The minimum absolute atomic E-state index is 0.0170. The maximum atomic E-state index is 12.3. The topological polar surface area (TPSA) is 55.8 Å². The monoisotopic (exact) mass is 274 g/mol. The number of rotatable bonds is 5. The van der Waals surface area contributed by atoms with Crippen LogP contribution in [0.25, 0.3) is 0 Å². The second-order valence-electron chi connectivity index (χ2n) is 4.51. The Bertz CT molecular complexity index is 545. The van der Waals surface area contributed by atoms with Crippen molar-refractivity contribution >= 4 is 5.78 Å². The number of carbonyl (C=O) groups excluding carboxylic acids is 1. The number of allylic oxidation sites excluding steroid dienone is 2. The van der Waals surface area contributed by atoms with Gasteiger partial charge in [-0.15, -0.1) is 0 Å². The molecule has 0 aromatic heterocycles. The molecule has 1 aromatic carbocycles. The normalized spacial score (nSPS) is 22.1. The number of benzene rings is 1.